The number of aromatic nitrogens is 1. The highest BCUT2D eigenvalue weighted by molar-refractivity contribution is 6.58. The average molecular weight is 238 g/mol. The van der Waals surface area contributed by atoms with E-state index in [0.29, 0.717) is 5.54 Å². The van der Waals surface area contributed by atoms with Gasteiger partial charge in [-0.25, -0.2) is 0 Å². The standard InChI is InChI=1S/C15H16NSi/c1-17(2)15-11-14(16-9-5-6-10-16)12-7-3-4-8-13(12)15/h3-11,15H,1-2H3. The highest BCUT2D eigenvalue weighted by atomic mass is 28.3. The van der Waals surface area contributed by atoms with E-state index in [-0.39, 0.29) is 8.80 Å². The second-order valence-corrected chi connectivity index (χ2v) is 7.56. The summed E-state index contributed by atoms with van der Waals surface area (Å²) in [5, 5.41) is 0. The maximum Gasteiger partial charge on any atom is 0.0549 e. The lowest BCUT2D eigenvalue weighted by Gasteiger charge is -2.12. The van der Waals surface area contributed by atoms with Crippen LogP contribution in [0.1, 0.15) is 16.7 Å². The molecule has 0 bridgehead atoms. The Bertz CT molecular complexity index is 552. The van der Waals surface area contributed by atoms with Gasteiger partial charge in [-0.2, -0.15) is 0 Å². The fourth-order valence-electron chi connectivity index (χ4n) is 2.54. The molecule has 0 fully saturated rings. The van der Waals surface area contributed by atoms with Gasteiger partial charge < -0.3 is 4.57 Å². The molecule has 0 amide bonds. The van der Waals surface area contributed by atoms with Crippen molar-refractivity contribution >= 4 is 14.5 Å². The van der Waals surface area contributed by atoms with Gasteiger partial charge in [0.1, 0.15) is 0 Å². The van der Waals surface area contributed by atoms with Gasteiger partial charge in [-0.05, 0) is 23.2 Å². The normalized spacial score (nSPS) is 18.3. The summed E-state index contributed by atoms with van der Waals surface area (Å²) in [7, 11) is -0.337. The van der Waals surface area contributed by atoms with Gasteiger partial charge in [0.25, 0.3) is 0 Å². The zero-order valence-corrected chi connectivity index (χ0v) is 11.2. The quantitative estimate of drug-likeness (QED) is 0.702. The second kappa shape index (κ2) is 4.04. The highest BCUT2D eigenvalue weighted by Crippen LogP contribution is 2.37. The maximum absolute atomic E-state index is 2.44. The van der Waals surface area contributed by atoms with Crippen LogP contribution in [-0.4, -0.2) is 13.4 Å². The first kappa shape index (κ1) is 10.6. The van der Waals surface area contributed by atoms with Crippen molar-refractivity contribution in [3.63, 3.8) is 0 Å². The predicted molar refractivity (Wildman–Crippen MR) is 74.5 cm³/mol. The molecule has 1 heterocycles. The fourth-order valence-corrected chi connectivity index (χ4v) is 3.90. The molecule has 1 unspecified atom stereocenters. The smallest absolute Gasteiger partial charge is 0.0549 e. The lowest BCUT2D eigenvalue weighted by atomic mass is 10.1. The molecule has 85 valence electrons. The van der Waals surface area contributed by atoms with E-state index in [1.54, 1.807) is 0 Å². The summed E-state index contributed by atoms with van der Waals surface area (Å²) in [6.45, 7) is 4.78. The molecule has 1 nitrogen and oxygen atoms in total. The Morgan fingerprint density at radius 1 is 1.00 bits per heavy atom. The first-order valence-corrected chi connectivity index (χ1v) is 8.59. The summed E-state index contributed by atoms with van der Waals surface area (Å²) in [5.41, 5.74) is 4.91. The molecule has 1 aromatic heterocycles. The first-order valence-electron chi connectivity index (χ1n) is 6.02. The Morgan fingerprint density at radius 3 is 2.41 bits per heavy atom. The Balaban J connectivity index is 2.15. The SMILES string of the molecule is C[Si](C)C1C=C(n2cccc2)c2ccccc21. The molecule has 0 saturated carbocycles. The van der Waals surface area contributed by atoms with E-state index < -0.39 is 0 Å². The Morgan fingerprint density at radius 2 is 1.71 bits per heavy atom. The fraction of sp³-hybridized carbons (Fsp3) is 0.200. The van der Waals surface area contributed by atoms with Crippen LogP contribution in [0.5, 0.6) is 0 Å². The number of allylic oxidation sites excluding steroid dienone is 1. The number of hydrogen-bond donors (Lipinski definition) is 0. The molecule has 1 aliphatic rings. The summed E-state index contributed by atoms with van der Waals surface area (Å²) >= 11 is 0. The van der Waals surface area contributed by atoms with E-state index in [1.807, 2.05) is 0 Å². The van der Waals surface area contributed by atoms with Crippen molar-refractivity contribution < 1.29 is 0 Å². The van der Waals surface area contributed by atoms with Gasteiger partial charge >= 0.3 is 0 Å². The van der Waals surface area contributed by atoms with Crippen LogP contribution in [0.3, 0.4) is 0 Å². The number of fused-ring (bicyclic) bond motifs is 1. The average Bonchev–Trinajstić information content (AvgIpc) is 2.95. The van der Waals surface area contributed by atoms with E-state index in [4.69, 9.17) is 0 Å². The molecule has 0 aliphatic heterocycles. The molecule has 3 rings (SSSR count). The highest BCUT2D eigenvalue weighted by Gasteiger charge is 2.26. The summed E-state index contributed by atoms with van der Waals surface area (Å²) in [5.74, 6) is 0. The van der Waals surface area contributed by atoms with Crippen molar-refractivity contribution in [1.29, 1.82) is 0 Å². The lowest BCUT2D eigenvalue weighted by Crippen LogP contribution is -2.11. The molecule has 17 heavy (non-hydrogen) atoms. The van der Waals surface area contributed by atoms with Gasteiger partial charge in [0, 0.05) is 23.7 Å². The van der Waals surface area contributed by atoms with Crippen LogP contribution in [-0.2, 0) is 0 Å². The van der Waals surface area contributed by atoms with Crippen molar-refractivity contribution in [1.82, 2.24) is 4.57 Å². The summed E-state index contributed by atoms with van der Waals surface area (Å²) < 4.78 is 2.23. The number of nitrogens with zero attached hydrogens (tertiary/aromatic N) is 1. The van der Waals surface area contributed by atoms with E-state index in [1.165, 1.54) is 16.8 Å². The minimum absolute atomic E-state index is 0.337. The zero-order chi connectivity index (χ0) is 11.8. The third kappa shape index (κ3) is 1.69. The van der Waals surface area contributed by atoms with Crippen molar-refractivity contribution in [3.8, 4) is 0 Å². The van der Waals surface area contributed by atoms with Gasteiger partial charge in [-0.15, -0.1) is 0 Å². The van der Waals surface area contributed by atoms with Crippen LogP contribution in [0.4, 0.5) is 0 Å². The van der Waals surface area contributed by atoms with Crippen molar-refractivity contribution in [2.75, 3.05) is 0 Å². The van der Waals surface area contributed by atoms with Gasteiger partial charge in [-0.3, -0.25) is 0 Å². The van der Waals surface area contributed by atoms with Crippen LogP contribution >= 0.6 is 0 Å². The van der Waals surface area contributed by atoms with Crippen LogP contribution in [0, 0.1) is 0 Å². The van der Waals surface area contributed by atoms with Crippen molar-refractivity contribution in [2.24, 2.45) is 0 Å². The maximum atomic E-state index is 2.44. The van der Waals surface area contributed by atoms with E-state index in [2.05, 4.69) is 72.5 Å². The molecule has 2 aromatic rings. The Hall–Kier alpha value is -1.54. The Kier molecular flexibility index (Phi) is 2.52. The first-order chi connectivity index (χ1) is 8.27. The third-order valence-corrected chi connectivity index (χ3v) is 5.12. The number of hydrogen-bond acceptors (Lipinski definition) is 0. The summed E-state index contributed by atoms with van der Waals surface area (Å²) in [6, 6.07) is 13.0. The topological polar surface area (TPSA) is 4.93 Å². The molecule has 1 aromatic carbocycles. The van der Waals surface area contributed by atoms with Crippen LogP contribution in [0.25, 0.3) is 5.70 Å². The van der Waals surface area contributed by atoms with E-state index >= 15 is 0 Å². The lowest BCUT2D eigenvalue weighted by molar-refractivity contribution is 1.12. The molecule has 1 atom stereocenters. The van der Waals surface area contributed by atoms with E-state index in [9.17, 15) is 0 Å². The molecule has 0 spiro atoms. The minimum Gasteiger partial charge on any atom is -0.324 e. The zero-order valence-electron chi connectivity index (χ0n) is 10.2. The predicted octanol–water partition coefficient (Wildman–Crippen LogP) is 3.77. The van der Waals surface area contributed by atoms with Crippen molar-refractivity contribution in [2.45, 2.75) is 18.6 Å². The monoisotopic (exact) mass is 238 g/mol. The molecule has 1 radical (unpaired) electrons. The van der Waals surface area contributed by atoms with E-state index in [0.717, 1.165) is 0 Å². The molecule has 0 saturated heterocycles. The number of rotatable bonds is 2. The van der Waals surface area contributed by atoms with Gasteiger partial charge in [0.15, 0.2) is 0 Å². The van der Waals surface area contributed by atoms with Gasteiger partial charge in [-0.1, -0.05) is 43.4 Å². The third-order valence-electron chi connectivity index (χ3n) is 3.40. The summed E-state index contributed by atoms with van der Waals surface area (Å²) in [4.78, 5) is 0. The van der Waals surface area contributed by atoms with Gasteiger partial charge in [0.2, 0.25) is 0 Å². The Labute approximate surface area is 104 Å². The molecule has 0 N–H and O–H groups in total. The van der Waals surface area contributed by atoms with Crippen LogP contribution in [0.15, 0.2) is 54.9 Å². The minimum atomic E-state index is -0.337. The largest absolute Gasteiger partial charge is 0.324 e. The second-order valence-electron chi connectivity index (χ2n) is 4.78. The molecule has 1 aliphatic carbocycles. The molecular formula is C15H16NSi. The number of benzene rings is 1. The van der Waals surface area contributed by atoms with Gasteiger partial charge in [0.05, 0.1) is 8.80 Å². The summed E-state index contributed by atoms with van der Waals surface area (Å²) in [6.07, 6.45) is 6.70. The van der Waals surface area contributed by atoms with Crippen LogP contribution in [0.2, 0.25) is 13.1 Å². The van der Waals surface area contributed by atoms with Crippen LogP contribution < -0.4 is 0 Å². The molecular weight excluding hydrogens is 222 g/mol. The van der Waals surface area contributed by atoms with Crippen molar-refractivity contribution in [3.05, 3.63) is 66.0 Å². The molecule has 2 heteroatoms.